The number of ether oxygens (including phenoxy) is 2. The molecule has 1 fully saturated rings. The first-order valence-electron chi connectivity index (χ1n) is 6.14. The molecule has 1 aromatic carbocycles. The molecule has 0 aliphatic heterocycles. The Morgan fingerprint density at radius 2 is 2.00 bits per heavy atom. The topological polar surface area (TPSA) is 30.5 Å². The van der Waals surface area contributed by atoms with Crippen molar-refractivity contribution in [3.63, 3.8) is 0 Å². The molecule has 0 amide bonds. The van der Waals surface area contributed by atoms with Gasteiger partial charge < -0.3 is 14.8 Å². The molecular weight excluding hydrogens is 214 g/mol. The van der Waals surface area contributed by atoms with E-state index in [0.717, 1.165) is 19.4 Å². The van der Waals surface area contributed by atoms with Crippen LogP contribution in [0.3, 0.4) is 0 Å². The van der Waals surface area contributed by atoms with Crippen LogP contribution in [0.1, 0.15) is 24.0 Å². The van der Waals surface area contributed by atoms with Crippen molar-refractivity contribution in [3.8, 4) is 0 Å². The quantitative estimate of drug-likeness (QED) is 0.819. The highest BCUT2D eigenvalue weighted by atomic mass is 16.5. The Kier molecular flexibility index (Phi) is 4.54. The summed E-state index contributed by atoms with van der Waals surface area (Å²) in [6, 6.07) is 9.15. The monoisotopic (exact) mass is 235 g/mol. The van der Waals surface area contributed by atoms with E-state index in [2.05, 4.69) is 29.6 Å². The average Bonchev–Trinajstić information content (AvgIpc) is 2.28. The van der Waals surface area contributed by atoms with Crippen molar-refractivity contribution in [1.82, 2.24) is 5.32 Å². The average molecular weight is 235 g/mol. The molecule has 0 radical (unpaired) electrons. The van der Waals surface area contributed by atoms with Crippen LogP contribution in [0.2, 0.25) is 0 Å². The van der Waals surface area contributed by atoms with Crippen molar-refractivity contribution < 1.29 is 9.47 Å². The fourth-order valence-corrected chi connectivity index (χ4v) is 2.18. The van der Waals surface area contributed by atoms with Crippen molar-refractivity contribution in [2.75, 3.05) is 14.2 Å². The Morgan fingerprint density at radius 1 is 1.24 bits per heavy atom. The van der Waals surface area contributed by atoms with Crippen LogP contribution in [0.15, 0.2) is 24.3 Å². The maximum absolute atomic E-state index is 5.26. The lowest BCUT2D eigenvalue weighted by atomic mass is 9.89. The Labute approximate surface area is 103 Å². The maximum Gasteiger partial charge on any atom is 0.0713 e. The van der Waals surface area contributed by atoms with Crippen molar-refractivity contribution in [3.05, 3.63) is 35.4 Å². The molecule has 1 saturated carbocycles. The lowest BCUT2D eigenvalue weighted by molar-refractivity contribution is 0.0170. The molecule has 0 spiro atoms. The summed E-state index contributed by atoms with van der Waals surface area (Å²) in [5.74, 6) is 0. The second-order valence-electron chi connectivity index (χ2n) is 4.66. The Balaban J connectivity index is 1.77. The van der Waals surface area contributed by atoms with E-state index in [1.807, 2.05) is 0 Å². The molecule has 1 N–H and O–H groups in total. The highest BCUT2D eigenvalue weighted by molar-refractivity contribution is 5.23. The van der Waals surface area contributed by atoms with Gasteiger partial charge in [-0.3, -0.25) is 0 Å². The van der Waals surface area contributed by atoms with Crippen LogP contribution in [0.5, 0.6) is 0 Å². The van der Waals surface area contributed by atoms with Crippen LogP contribution in [0.4, 0.5) is 0 Å². The highest BCUT2D eigenvalue weighted by Gasteiger charge is 2.28. The molecule has 2 rings (SSSR count). The van der Waals surface area contributed by atoms with Gasteiger partial charge in [0.2, 0.25) is 0 Å². The Bertz CT molecular complexity index is 348. The van der Waals surface area contributed by atoms with Crippen LogP contribution in [0, 0.1) is 0 Å². The van der Waals surface area contributed by atoms with E-state index in [1.165, 1.54) is 11.1 Å². The van der Waals surface area contributed by atoms with E-state index in [-0.39, 0.29) is 0 Å². The molecule has 17 heavy (non-hydrogen) atoms. The van der Waals surface area contributed by atoms with Gasteiger partial charge in [-0.05, 0) is 24.0 Å². The van der Waals surface area contributed by atoms with Gasteiger partial charge in [0.05, 0.1) is 12.7 Å². The lowest BCUT2D eigenvalue weighted by Crippen LogP contribution is -2.44. The van der Waals surface area contributed by atoms with Crippen molar-refractivity contribution in [2.45, 2.75) is 38.1 Å². The molecular formula is C14H21NO2. The first-order valence-corrected chi connectivity index (χ1v) is 6.14. The summed E-state index contributed by atoms with van der Waals surface area (Å²) in [6.07, 6.45) is 2.73. The number of rotatable bonds is 6. The summed E-state index contributed by atoms with van der Waals surface area (Å²) in [5, 5.41) is 3.55. The highest BCUT2D eigenvalue weighted by Crippen LogP contribution is 2.22. The number of methoxy groups -OCH3 is 2. The van der Waals surface area contributed by atoms with Gasteiger partial charge in [0, 0.05) is 26.8 Å². The predicted molar refractivity (Wildman–Crippen MR) is 67.8 cm³/mol. The molecule has 0 saturated heterocycles. The third kappa shape index (κ3) is 3.53. The first-order chi connectivity index (χ1) is 8.31. The van der Waals surface area contributed by atoms with Gasteiger partial charge in [-0.1, -0.05) is 24.3 Å². The standard InChI is InChI=1S/C14H21NO2/c1-16-10-12-5-3-4-11(6-12)9-15-13-7-14(8-13)17-2/h3-6,13-15H,7-10H2,1-2H3. The molecule has 0 aromatic heterocycles. The zero-order valence-corrected chi connectivity index (χ0v) is 10.6. The fourth-order valence-electron chi connectivity index (χ4n) is 2.18. The smallest absolute Gasteiger partial charge is 0.0713 e. The molecule has 1 aliphatic rings. The van der Waals surface area contributed by atoms with E-state index in [1.54, 1.807) is 14.2 Å². The molecule has 0 atom stereocenters. The molecule has 94 valence electrons. The largest absolute Gasteiger partial charge is 0.381 e. The lowest BCUT2D eigenvalue weighted by Gasteiger charge is -2.34. The number of benzene rings is 1. The minimum absolute atomic E-state index is 0.465. The molecule has 1 aliphatic carbocycles. The van der Waals surface area contributed by atoms with Crippen molar-refractivity contribution in [1.29, 1.82) is 0 Å². The number of hydrogen-bond acceptors (Lipinski definition) is 3. The summed E-state index contributed by atoms with van der Waals surface area (Å²) in [7, 11) is 3.51. The van der Waals surface area contributed by atoms with Crippen LogP contribution >= 0.6 is 0 Å². The second-order valence-corrected chi connectivity index (χ2v) is 4.66. The zero-order valence-electron chi connectivity index (χ0n) is 10.6. The third-order valence-electron chi connectivity index (χ3n) is 3.33. The summed E-state index contributed by atoms with van der Waals surface area (Å²) >= 11 is 0. The summed E-state index contributed by atoms with van der Waals surface area (Å²) in [4.78, 5) is 0. The van der Waals surface area contributed by atoms with Crippen LogP contribution in [0.25, 0.3) is 0 Å². The molecule has 3 nitrogen and oxygen atoms in total. The van der Waals surface area contributed by atoms with E-state index < -0.39 is 0 Å². The second kappa shape index (κ2) is 6.15. The Hall–Kier alpha value is -0.900. The van der Waals surface area contributed by atoms with Gasteiger partial charge in [0.15, 0.2) is 0 Å². The molecule has 0 bridgehead atoms. The van der Waals surface area contributed by atoms with Gasteiger partial charge in [-0.25, -0.2) is 0 Å². The van der Waals surface area contributed by atoms with Gasteiger partial charge in [-0.2, -0.15) is 0 Å². The first kappa shape index (κ1) is 12.6. The summed E-state index contributed by atoms with van der Waals surface area (Å²) in [5.41, 5.74) is 2.55. The number of nitrogens with one attached hydrogen (secondary N) is 1. The predicted octanol–water partition coefficient (Wildman–Crippen LogP) is 2.10. The molecule has 0 heterocycles. The van der Waals surface area contributed by atoms with Crippen LogP contribution in [-0.4, -0.2) is 26.4 Å². The van der Waals surface area contributed by atoms with E-state index in [4.69, 9.17) is 9.47 Å². The van der Waals surface area contributed by atoms with E-state index in [9.17, 15) is 0 Å². The summed E-state index contributed by atoms with van der Waals surface area (Å²) in [6.45, 7) is 1.61. The molecule has 0 unspecified atom stereocenters. The van der Waals surface area contributed by atoms with Crippen LogP contribution in [-0.2, 0) is 22.6 Å². The maximum atomic E-state index is 5.26. The van der Waals surface area contributed by atoms with Gasteiger partial charge in [0.25, 0.3) is 0 Å². The van der Waals surface area contributed by atoms with Crippen LogP contribution < -0.4 is 5.32 Å². The minimum Gasteiger partial charge on any atom is -0.381 e. The normalized spacial score (nSPS) is 23.4. The van der Waals surface area contributed by atoms with Crippen molar-refractivity contribution in [2.24, 2.45) is 0 Å². The third-order valence-corrected chi connectivity index (χ3v) is 3.33. The SMILES string of the molecule is COCc1cccc(CNC2CC(OC)C2)c1. The van der Waals surface area contributed by atoms with E-state index in [0.29, 0.717) is 18.8 Å². The molecule has 3 heteroatoms. The number of hydrogen-bond donors (Lipinski definition) is 1. The van der Waals surface area contributed by atoms with Gasteiger partial charge in [-0.15, -0.1) is 0 Å². The van der Waals surface area contributed by atoms with Gasteiger partial charge in [0.1, 0.15) is 0 Å². The zero-order chi connectivity index (χ0) is 12.1. The summed E-state index contributed by atoms with van der Waals surface area (Å²) < 4.78 is 10.4. The van der Waals surface area contributed by atoms with Crippen molar-refractivity contribution >= 4 is 0 Å². The molecule has 1 aromatic rings. The van der Waals surface area contributed by atoms with E-state index >= 15 is 0 Å². The Morgan fingerprint density at radius 3 is 2.71 bits per heavy atom. The van der Waals surface area contributed by atoms with Gasteiger partial charge >= 0.3 is 0 Å². The fraction of sp³-hybridized carbons (Fsp3) is 0.571. The minimum atomic E-state index is 0.465.